The minimum atomic E-state index is -4.96. The Balaban J connectivity index is 1.37. The molecule has 2 aromatic rings. The van der Waals surface area contributed by atoms with Crippen LogP contribution >= 0.6 is 0 Å². The van der Waals surface area contributed by atoms with Crippen molar-refractivity contribution in [1.29, 1.82) is 0 Å². The van der Waals surface area contributed by atoms with E-state index in [-0.39, 0.29) is 25.6 Å². The van der Waals surface area contributed by atoms with Gasteiger partial charge in [-0.3, -0.25) is 9.59 Å². The van der Waals surface area contributed by atoms with E-state index in [1.807, 2.05) is 48.5 Å². The predicted octanol–water partition coefficient (Wildman–Crippen LogP) is 3.20. The van der Waals surface area contributed by atoms with Crippen molar-refractivity contribution in [3.8, 4) is 11.1 Å². The number of nitrogens with one attached hydrogen (secondary N) is 2. The molecule has 3 N–H and O–H groups in total. The van der Waals surface area contributed by atoms with Crippen molar-refractivity contribution in [2.24, 2.45) is 0 Å². The maximum atomic E-state index is 13.1. The van der Waals surface area contributed by atoms with Gasteiger partial charge in [-0.2, -0.15) is 13.2 Å². The summed E-state index contributed by atoms with van der Waals surface area (Å²) in [5, 5.41) is 12.9. The molecule has 4 rings (SSSR count). The van der Waals surface area contributed by atoms with E-state index in [1.54, 1.807) is 5.32 Å². The van der Waals surface area contributed by atoms with Gasteiger partial charge in [-0.15, -0.1) is 0 Å². The molecule has 8 nitrogen and oxygen atoms in total. The molecule has 35 heavy (non-hydrogen) atoms. The first-order valence-electron chi connectivity index (χ1n) is 11.0. The van der Waals surface area contributed by atoms with Gasteiger partial charge in [0.2, 0.25) is 0 Å². The fourth-order valence-electron chi connectivity index (χ4n) is 4.46. The third-order valence-electron chi connectivity index (χ3n) is 6.09. The molecule has 1 heterocycles. The summed E-state index contributed by atoms with van der Waals surface area (Å²) < 4.78 is 49.9. The first-order chi connectivity index (χ1) is 16.6. The highest BCUT2D eigenvalue weighted by atomic mass is 19.4. The summed E-state index contributed by atoms with van der Waals surface area (Å²) in [5.41, 5.74) is 4.14. The normalized spacial score (nSPS) is 20.0. The third-order valence-corrected chi connectivity index (χ3v) is 6.09. The summed E-state index contributed by atoms with van der Waals surface area (Å²) in [5.74, 6) is -3.06. The second kappa shape index (κ2) is 9.95. The number of fused-ring (bicyclic) bond motifs is 3. The number of carboxylic acids is 1. The van der Waals surface area contributed by atoms with E-state index >= 15 is 0 Å². The van der Waals surface area contributed by atoms with E-state index in [2.05, 4.69) is 5.32 Å². The zero-order valence-electron chi connectivity index (χ0n) is 18.4. The maximum absolute atomic E-state index is 13.1. The summed E-state index contributed by atoms with van der Waals surface area (Å²) in [7, 11) is 0. The number of hydrogen-bond acceptors (Lipinski definition) is 5. The van der Waals surface area contributed by atoms with E-state index in [4.69, 9.17) is 14.6 Å². The summed E-state index contributed by atoms with van der Waals surface area (Å²) in [6.45, 7) is 0.0566. The van der Waals surface area contributed by atoms with Crippen molar-refractivity contribution >= 4 is 18.0 Å². The topological polar surface area (TPSA) is 114 Å². The molecule has 0 aromatic heterocycles. The number of halogens is 3. The Bertz CT molecular complexity index is 1080. The molecule has 1 saturated heterocycles. The first kappa shape index (κ1) is 24.5. The Labute approximate surface area is 198 Å². The minimum Gasteiger partial charge on any atom is -0.481 e. The van der Waals surface area contributed by atoms with Crippen molar-refractivity contribution in [1.82, 2.24) is 10.6 Å². The lowest BCUT2D eigenvalue weighted by Gasteiger charge is -2.24. The molecule has 1 aliphatic heterocycles. The molecule has 0 radical (unpaired) electrons. The number of carboxylic acid groups (broad SMARTS) is 1. The van der Waals surface area contributed by atoms with E-state index < -0.39 is 48.8 Å². The molecular weight excluding hydrogens is 469 g/mol. The molecule has 1 unspecified atom stereocenters. The fourth-order valence-corrected chi connectivity index (χ4v) is 4.46. The van der Waals surface area contributed by atoms with Crippen molar-refractivity contribution in [3.05, 3.63) is 59.7 Å². The molecule has 0 bridgehead atoms. The van der Waals surface area contributed by atoms with Gasteiger partial charge in [-0.05, 0) is 28.7 Å². The summed E-state index contributed by atoms with van der Waals surface area (Å²) >= 11 is 0. The number of rotatable bonds is 7. The lowest BCUT2D eigenvalue weighted by atomic mass is 9.98. The van der Waals surface area contributed by atoms with E-state index in [0.717, 1.165) is 22.3 Å². The van der Waals surface area contributed by atoms with Crippen LogP contribution in [0.4, 0.5) is 18.0 Å². The second-order valence-electron chi connectivity index (χ2n) is 8.36. The molecule has 2 aromatic carbocycles. The van der Waals surface area contributed by atoms with E-state index in [9.17, 15) is 27.6 Å². The van der Waals surface area contributed by atoms with Crippen molar-refractivity contribution in [2.75, 3.05) is 13.2 Å². The molecule has 11 heteroatoms. The van der Waals surface area contributed by atoms with Crippen LogP contribution in [-0.4, -0.2) is 60.7 Å². The molecule has 186 valence electrons. The molecule has 0 spiro atoms. The van der Waals surface area contributed by atoms with Gasteiger partial charge < -0.3 is 25.2 Å². The molecule has 1 fully saturated rings. The Kier molecular flexibility index (Phi) is 6.97. The van der Waals surface area contributed by atoms with Crippen molar-refractivity contribution < 1.29 is 42.1 Å². The Hall–Kier alpha value is -3.60. The maximum Gasteiger partial charge on any atom is 0.409 e. The van der Waals surface area contributed by atoms with Crippen LogP contribution in [0, 0.1) is 0 Å². The highest BCUT2D eigenvalue weighted by Gasteiger charge is 2.45. The number of alkyl carbamates (subject to hydrolysis) is 1. The zero-order chi connectivity index (χ0) is 25.2. The largest absolute Gasteiger partial charge is 0.481 e. The van der Waals surface area contributed by atoms with Crippen LogP contribution in [-0.2, 0) is 19.1 Å². The highest BCUT2D eigenvalue weighted by Crippen LogP contribution is 2.44. The molecular formula is C24H23F3N2O6. The number of carbonyl (C=O) groups excluding carboxylic acids is 2. The number of amides is 2. The quantitative estimate of drug-likeness (QED) is 0.547. The van der Waals surface area contributed by atoms with Crippen LogP contribution in [0.15, 0.2) is 48.5 Å². The van der Waals surface area contributed by atoms with Crippen LogP contribution in [0.25, 0.3) is 11.1 Å². The number of carbonyl (C=O) groups is 3. The average molecular weight is 492 g/mol. The van der Waals surface area contributed by atoms with Crippen molar-refractivity contribution in [3.63, 3.8) is 0 Å². The Morgan fingerprint density at radius 2 is 1.66 bits per heavy atom. The molecule has 0 saturated carbocycles. The van der Waals surface area contributed by atoms with Crippen LogP contribution in [0.2, 0.25) is 0 Å². The molecule has 3 atom stereocenters. The highest BCUT2D eigenvalue weighted by molar-refractivity contribution is 5.84. The van der Waals surface area contributed by atoms with Gasteiger partial charge in [0.25, 0.3) is 5.91 Å². The first-order valence-corrected chi connectivity index (χ1v) is 11.0. The SMILES string of the molecule is O=C(O)CC(NC(=O)[C@@H]1OCC[C@@H]1NC(=O)OCC1c2ccccc2-c2ccccc21)C(F)(F)F. The van der Waals surface area contributed by atoms with Gasteiger partial charge in [0, 0.05) is 12.5 Å². The number of aliphatic carboxylic acids is 1. The lowest BCUT2D eigenvalue weighted by Crippen LogP contribution is -2.54. The standard InChI is InChI=1S/C24H23F3N2O6/c25-24(26,27)19(11-20(30)31)29-22(32)21-18(9-10-34-21)28-23(33)35-12-17-15-7-3-1-5-13(15)14-6-2-4-8-16(14)17/h1-8,17-19,21H,9-12H2,(H,28,33)(H,29,32)(H,30,31)/t18-,19?,21+/m0/s1. The fraction of sp³-hybridized carbons (Fsp3) is 0.375. The number of benzene rings is 2. The van der Waals surface area contributed by atoms with Crippen molar-refractivity contribution in [2.45, 2.75) is 43.1 Å². The van der Waals surface area contributed by atoms with E-state index in [1.165, 1.54) is 0 Å². The van der Waals surface area contributed by atoms with Crippen LogP contribution in [0.5, 0.6) is 0 Å². The third kappa shape index (κ3) is 5.40. The number of ether oxygens (including phenoxy) is 2. The van der Waals surface area contributed by atoms with Gasteiger partial charge in [0.15, 0.2) is 6.10 Å². The van der Waals surface area contributed by atoms with Crippen LogP contribution < -0.4 is 10.6 Å². The molecule has 2 aliphatic rings. The van der Waals surface area contributed by atoms with Gasteiger partial charge in [0.1, 0.15) is 12.6 Å². The van der Waals surface area contributed by atoms with Gasteiger partial charge in [0.05, 0.1) is 12.5 Å². The lowest BCUT2D eigenvalue weighted by molar-refractivity contribution is -0.172. The summed E-state index contributed by atoms with van der Waals surface area (Å²) in [6, 6.07) is 12.0. The predicted molar refractivity (Wildman–Crippen MR) is 117 cm³/mol. The molecule has 1 aliphatic carbocycles. The number of alkyl halides is 3. The zero-order valence-corrected chi connectivity index (χ0v) is 18.4. The summed E-state index contributed by atoms with van der Waals surface area (Å²) in [6.07, 6.45) is -8.35. The summed E-state index contributed by atoms with van der Waals surface area (Å²) in [4.78, 5) is 35.6. The van der Waals surface area contributed by atoms with Crippen LogP contribution in [0.1, 0.15) is 29.9 Å². The minimum absolute atomic E-state index is 0.0268. The Morgan fingerprint density at radius 3 is 2.23 bits per heavy atom. The smallest absolute Gasteiger partial charge is 0.409 e. The van der Waals surface area contributed by atoms with Gasteiger partial charge in [-0.25, -0.2) is 4.79 Å². The van der Waals surface area contributed by atoms with Crippen LogP contribution in [0.3, 0.4) is 0 Å². The average Bonchev–Trinajstić information content (AvgIpc) is 3.39. The monoisotopic (exact) mass is 492 g/mol. The van der Waals surface area contributed by atoms with Gasteiger partial charge >= 0.3 is 18.2 Å². The van der Waals surface area contributed by atoms with Gasteiger partial charge in [-0.1, -0.05) is 48.5 Å². The Morgan fingerprint density at radius 1 is 1.06 bits per heavy atom. The number of hydrogen-bond donors (Lipinski definition) is 3. The molecule has 2 amide bonds. The van der Waals surface area contributed by atoms with E-state index in [0.29, 0.717) is 0 Å². The second-order valence-corrected chi connectivity index (χ2v) is 8.36.